The van der Waals surface area contributed by atoms with Crippen LogP contribution >= 0.6 is 0 Å². The molecule has 5 rings (SSSR count). The first-order valence-corrected chi connectivity index (χ1v) is 13.2. The average Bonchev–Trinajstić information content (AvgIpc) is 3.65. The second-order valence-corrected chi connectivity index (χ2v) is 9.76. The van der Waals surface area contributed by atoms with E-state index in [2.05, 4.69) is 57.4 Å². The molecule has 0 saturated carbocycles. The Bertz CT molecular complexity index is 1390. The third-order valence-electron chi connectivity index (χ3n) is 6.55. The Balaban J connectivity index is 0.000000301. The Morgan fingerprint density at radius 2 is 1.28 bits per heavy atom. The summed E-state index contributed by atoms with van der Waals surface area (Å²) in [6, 6.07) is 14.6. The molecule has 47 heavy (non-hydrogen) atoms. The van der Waals surface area contributed by atoms with Gasteiger partial charge in [-0.25, -0.2) is 19.4 Å². The molecule has 3 aromatic rings. The lowest BCUT2D eigenvalue weighted by Gasteiger charge is -2.44. The second kappa shape index (κ2) is 15.8. The number of hydrogen-bond acceptors (Lipinski definition) is 7. The summed E-state index contributed by atoms with van der Waals surface area (Å²) < 4.78 is 103. The van der Waals surface area contributed by atoms with Crippen molar-refractivity contribution in [3.8, 4) is 11.3 Å². The molecule has 2 aliphatic rings. The lowest BCUT2D eigenvalue weighted by Crippen LogP contribution is -2.55. The lowest BCUT2D eigenvalue weighted by molar-refractivity contribution is -0.193. The molecule has 2 aromatic heterocycles. The molecule has 1 aromatic carbocycles. The first-order chi connectivity index (χ1) is 21.7. The number of furan rings is 1. The van der Waals surface area contributed by atoms with Crippen LogP contribution in [0.15, 0.2) is 59.3 Å². The van der Waals surface area contributed by atoms with Gasteiger partial charge in [0.1, 0.15) is 11.6 Å². The van der Waals surface area contributed by atoms with Gasteiger partial charge in [-0.3, -0.25) is 4.90 Å². The lowest BCUT2D eigenvalue weighted by atomic mass is 9.85. The van der Waals surface area contributed by atoms with Crippen LogP contribution in [0.4, 0.5) is 39.5 Å². The third-order valence-corrected chi connectivity index (χ3v) is 6.55. The van der Waals surface area contributed by atoms with E-state index in [1.54, 1.807) is 6.26 Å². The van der Waals surface area contributed by atoms with Gasteiger partial charge >= 0.3 is 36.4 Å². The summed E-state index contributed by atoms with van der Waals surface area (Å²) in [4.78, 5) is 34.0. The highest BCUT2D eigenvalue weighted by molar-refractivity contribution is 5.73. The van der Waals surface area contributed by atoms with Gasteiger partial charge in [0.05, 0.1) is 30.2 Å². The fraction of sp³-hybridized carbons (Fsp3) is 0.407. The van der Waals surface area contributed by atoms with Crippen molar-refractivity contribution >= 4 is 17.9 Å². The second-order valence-electron chi connectivity index (χ2n) is 9.76. The fourth-order valence-corrected chi connectivity index (χ4v) is 4.43. The van der Waals surface area contributed by atoms with Crippen LogP contribution in [0.25, 0.3) is 11.3 Å². The molecule has 0 bridgehead atoms. The Morgan fingerprint density at radius 1 is 0.787 bits per heavy atom. The molecule has 11 nitrogen and oxygen atoms in total. The van der Waals surface area contributed by atoms with Gasteiger partial charge in [0.15, 0.2) is 0 Å². The minimum Gasteiger partial charge on any atom is -0.475 e. The van der Waals surface area contributed by atoms with Crippen LogP contribution in [0, 0.1) is 0 Å². The third kappa shape index (κ3) is 11.6. The maximum atomic E-state index is 10.6. The van der Waals surface area contributed by atoms with E-state index in [0.717, 1.165) is 51.3 Å². The van der Waals surface area contributed by atoms with Gasteiger partial charge in [-0.05, 0) is 30.5 Å². The summed E-state index contributed by atoms with van der Waals surface area (Å²) in [5, 5.41) is 25.2. The van der Waals surface area contributed by atoms with E-state index in [-0.39, 0.29) is 5.54 Å². The maximum Gasteiger partial charge on any atom is 0.490 e. The number of benzene rings is 1. The molecule has 260 valence electrons. The molecule has 1 saturated heterocycles. The van der Waals surface area contributed by atoms with E-state index in [9.17, 15) is 39.5 Å². The highest BCUT2D eigenvalue weighted by Crippen LogP contribution is 2.37. The van der Waals surface area contributed by atoms with E-state index in [4.69, 9.17) is 39.1 Å². The Kier molecular flexibility index (Phi) is 13.0. The molecule has 1 fully saturated rings. The number of hydrogen-bond donors (Lipinski definition) is 4. The zero-order valence-corrected chi connectivity index (χ0v) is 23.9. The van der Waals surface area contributed by atoms with Crippen LogP contribution in [-0.4, -0.2) is 85.8 Å². The van der Waals surface area contributed by atoms with Gasteiger partial charge in [-0.1, -0.05) is 30.3 Å². The number of nitrogens with one attached hydrogen (secondary N) is 1. The molecule has 0 amide bonds. The number of rotatable bonds is 3. The SMILES string of the molecule is O=C(O)C(F)(F)F.O=C(O)C(F)(F)F.O=C(O)C(F)(F)F.c1ccc(-c2cnc3n2CCNC32CCN(Cc3ccco3)CC2)cc1. The van der Waals surface area contributed by atoms with Crippen LogP contribution < -0.4 is 5.32 Å². The number of carboxylic acids is 3. The van der Waals surface area contributed by atoms with Crippen molar-refractivity contribution in [2.75, 3.05) is 19.6 Å². The molecule has 4 N–H and O–H groups in total. The van der Waals surface area contributed by atoms with Gasteiger partial charge in [-0.15, -0.1) is 0 Å². The number of halogens is 9. The quantitative estimate of drug-likeness (QED) is 0.272. The van der Waals surface area contributed by atoms with Crippen LogP contribution in [0.3, 0.4) is 0 Å². The Morgan fingerprint density at radius 3 is 1.70 bits per heavy atom. The van der Waals surface area contributed by atoms with Crippen molar-refractivity contribution < 1.29 is 73.6 Å². The maximum absolute atomic E-state index is 10.6. The fourth-order valence-electron chi connectivity index (χ4n) is 4.43. The topological polar surface area (TPSA) is 158 Å². The van der Waals surface area contributed by atoms with Gasteiger partial charge in [0, 0.05) is 26.2 Å². The van der Waals surface area contributed by atoms with Crippen molar-refractivity contribution in [1.29, 1.82) is 0 Å². The van der Waals surface area contributed by atoms with Crippen LogP contribution in [0.5, 0.6) is 0 Å². The Hall–Kier alpha value is -4.59. The summed E-state index contributed by atoms with van der Waals surface area (Å²) in [6.45, 7) is 4.99. The predicted molar refractivity (Wildman–Crippen MR) is 142 cm³/mol. The molecule has 4 heterocycles. The van der Waals surface area contributed by atoms with E-state index >= 15 is 0 Å². The first kappa shape index (κ1) is 38.6. The summed E-state index contributed by atoms with van der Waals surface area (Å²) in [5.74, 6) is -6.02. The number of likely N-dealkylation sites (tertiary alicyclic amines) is 1. The number of aliphatic carboxylic acids is 3. The standard InChI is InChI=1S/C21H24N4O.3C2HF3O2/c1-2-5-17(6-3-1)19-15-22-20-21(23-10-13-25(19)20)8-11-24(12-9-21)16-18-7-4-14-26-18;3*3-2(4,5)1(6)7/h1-7,14-15,23H,8-13,16H2;3*(H,6,7). The normalized spacial score (nSPS) is 15.9. The van der Waals surface area contributed by atoms with Crippen LogP contribution in [-0.2, 0) is 33.0 Å². The van der Waals surface area contributed by atoms with Crippen LogP contribution in [0.2, 0.25) is 0 Å². The zero-order chi connectivity index (χ0) is 35.6. The average molecular weight is 691 g/mol. The van der Waals surface area contributed by atoms with Crippen molar-refractivity contribution in [1.82, 2.24) is 19.8 Å². The van der Waals surface area contributed by atoms with Gasteiger partial charge in [0.25, 0.3) is 0 Å². The largest absolute Gasteiger partial charge is 0.490 e. The molecule has 2 aliphatic heterocycles. The molecular formula is C27H27F9N4O7. The van der Waals surface area contributed by atoms with Gasteiger partial charge < -0.3 is 29.6 Å². The van der Waals surface area contributed by atoms with E-state index in [1.807, 2.05) is 6.07 Å². The van der Waals surface area contributed by atoms with E-state index < -0.39 is 36.4 Å². The number of aromatic nitrogens is 2. The summed E-state index contributed by atoms with van der Waals surface area (Å²) in [5.41, 5.74) is 2.49. The number of alkyl halides is 9. The van der Waals surface area contributed by atoms with Gasteiger partial charge in [0.2, 0.25) is 0 Å². The van der Waals surface area contributed by atoms with E-state index in [1.165, 1.54) is 17.1 Å². The highest BCUT2D eigenvalue weighted by atomic mass is 19.4. The van der Waals surface area contributed by atoms with Crippen LogP contribution in [0.1, 0.15) is 24.4 Å². The smallest absolute Gasteiger partial charge is 0.475 e. The summed E-state index contributed by atoms with van der Waals surface area (Å²) in [6.07, 6.45) is -9.28. The molecular weight excluding hydrogens is 663 g/mol. The minimum atomic E-state index is -5.08. The number of fused-ring (bicyclic) bond motifs is 2. The predicted octanol–water partition coefficient (Wildman–Crippen LogP) is 5.14. The van der Waals surface area contributed by atoms with Crippen molar-refractivity contribution in [2.45, 2.75) is 50.0 Å². The first-order valence-electron chi connectivity index (χ1n) is 13.2. The summed E-state index contributed by atoms with van der Waals surface area (Å²) >= 11 is 0. The number of piperidine rings is 1. The number of carboxylic acid groups (broad SMARTS) is 3. The van der Waals surface area contributed by atoms with E-state index in [0.29, 0.717) is 0 Å². The number of carbonyl (C=O) groups is 3. The minimum absolute atomic E-state index is 0.00491. The molecule has 0 radical (unpaired) electrons. The number of imidazole rings is 1. The Labute approximate surface area is 259 Å². The van der Waals surface area contributed by atoms with Crippen molar-refractivity contribution in [3.05, 3.63) is 66.5 Å². The van der Waals surface area contributed by atoms with Gasteiger partial charge in [-0.2, -0.15) is 39.5 Å². The molecule has 0 unspecified atom stereocenters. The zero-order valence-electron chi connectivity index (χ0n) is 23.9. The van der Waals surface area contributed by atoms with Crippen molar-refractivity contribution in [2.24, 2.45) is 0 Å². The highest BCUT2D eigenvalue weighted by Gasteiger charge is 2.42. The molecule has 0 atom stereocenters. The molecule has 20 heteroatoms. The number of nitrogens with zero attached hydrogens (tertiary/aromatic N) is 3. The molecule has 0 aliphatic carbocycles. The summed E-state index contributed by atoms with van der Waals surface area (Å²) in [7, 11) is 0. The molecule has 1 spiro atoms. The van der Waals surface area contributed by atoms with Crippen molar-refractivity contribution in [3.63, 3.8) is 0 Å². The monoisotopic (exact) mass is 690 g/mol.